The van der Waals surface area contributed by atoms with Gasteiger partial charge in [0, 0.05) is 28.2 Å². The summed E-state index contributed by atoms with van der Waals surface area (Å²) in [5.74, 6) is 0. The lowest BCUT2D eigenvalue weighted by molar-refractivity contribution is 0.790. The number of anilines is 2. The van der Waals surface area contributed by atoms with Crippen molar-refractivity contribution >= 4 is 11.4 Å². The number of para-hydroxylation sites is 2. The second-order valence-corrected chi connectivity index (χ2v) is 3.17. The Hall–Kier alpha value is -1.22. The molecular weight excluding hydrogens is 162 g/mol. The number of hydrogen-bond donors (Lipinski definition) is 1. The summed E-state index contributed by atoms with van der Waals surface area (Å²) >= 11 is 0. The minimum atomic E-state index is 1.18. The maximum absolute atomic E-state index is 3.08. The van der Waals surface area contributed by atoms with Gasteiger partial charge in [0.05, 0.1) is 11.4 Å². The summed E-state index contributed by atoms with van der Waals surface area (Å²) in [4.78, 5) is 2.10. The molecule has 0 heterocycles. The fourth-order valence-electron chi connectivity index (χ4n) is 1.25. The molecule has 0 fully saturated rings. The molecule has 0 spiro atoms. The van der Waals surface area contributed by atoms with Crippen LogP contribution in [0.3, 0.4) is 0 Å². The van der Waals surface area contributed by atoms with E-state index >= 15 is 0 Å². The lowest BCUT2D eigenvalue weighted by Gasteiger charge is -2.24. The van der Waals surface area contributed by atoms with E-state index in [0.29, 0.717) is 0 Å². The first-order valence-corrected chi connectivity index (χ1v) is 4.34. The van der Waals surface area contributed by atoms with Crippen LogP contribution in [0.4, 0.5) is 11.4 Å². The first-order chi connectivity index (χ1) is 6.16. The summed E-state index contributed by atoms with van der Waals surface area (Å²) in [6.45, 7) is 0. The molecule has 0 saturated carbocycles. The van der Waals surface area contributed by atoms with Gasteiger partial charge in [0.1, 0.15) is 0 Å². The summed E-state index contributed by atoms with van der Waals surface area (Å²) in [7, 11) is 8.00. The average molecular weight is 179 g/mol. The number of nitrogens with one attached hydrogen (secondary N) is 1. The molecule has 0 bridgehead atoms. The molecule has 0 aromatic heterocycles. The summed E-state index contributed by atoms with van der Waals surface area (Å²) in [5.41, 5.74) is 5.47. The van der Waals surface area contributed by atoms with Gasteiger partial charge in [0.25, 0.3) is 0 Å². The SMILES string of the molecule is CNN(C)c1ccccc1N(C)C. The van der Waals surface area contributed by atoms with Gasteiger partial charge in [-0.2, -0.15) is 0 Å². The highest BCUT2D eigenvalue weighted by atomic mass is 15.5. The van der Waals surface area contributed by atoms with Crippen molar-refractivity contribution in [1.82, 2.24) is 5.43 Å². The van der Waals surface area contributed by atoms with Gasteiger partial charge in [-0.3, -0.25) is 0 Å². The fraction of sp³-hybridized carbons (Fsp3) is 0.400. The van der Waals surface area contributed by atoms with Gasteiger partial charge >= 0.3 is 0 Å². The second kappa shape index (κ2) is 4.14. The first kappa shape index (κ1) is 9.86. The van der Waals surface area contributed by atoms with E-state index in [1.54, 1.807) is 0 Å². The van der Waals surface area contributed by atoms with Crippen LogP contribution < -0.4 is 15.3 Å². The van der Waals surface area contributed by atoms with Crippen molar-refractivity contribution in [2.45, 2.75) is 0 Å². The Labute approximate surface area is 79.9 Å². The van der Waals surface area contributed by atoms with Crippen molar-refractivity contribution in [2.75, 3.05) is 38.1 Å². The molecule has 1 rings (SSSR count). The van der Waals surface area contributed by atoms with Crippen molar-refractivity contribution in [1.29, 1.82) is 0 Å². The minimum Gasteiger partial charge on any atom is -0.376 e. The van der Waals surface area contributed by atoms with Crippen molar-refractivity contribution in [3.05, 3.63) is 24.3 Å². The standard InChI is InChI=1S/C10H17N3/c1-11-13(4)10-8-6-5-7-9(10)12(2)3/h5-8,11H,1-4H3. The summed E-state index contributed by atoms with van der Waals surface area (Å²) in [6, 6.07) is 8.27. The normalized spacial score (nSPS) is 9.85. The summed E-state index contributed by atoms with van der Waals surface area (Å²) < 4.78 is 0. The van der Waals surface area contributed by atoms with E-state index in [1.165, 1.54) is 11.4 Å². The van der Waals surface area contributed by atoms with Gasteiger partial charge in [0.2, 0.25) is 0 Å². The van der Waals surface area contributed by atoms with Crippen LogP contribution in [0, 0.1) is 0 Å². The molecule has 0 aliphatic rings. The zero-order chi connectivity index (χ0) is 9.84. The van der Waals surface area contributed by atoms with Crippen LogP contribution in [0.5, 0.6) is 0 Å². The van der Waals surface area contributed by atoms with Crippen molar-refractivity contribution in [3.8, 4) is 0 Å². The predicted molar refractivity (Wildman–Crippen MR) is 58.2 cm³/mol. The average Bonchev–Trinajstić information content (AvgIpc) is 2.16. The highest BCUT2D eigenvalue weighted by Gasteiger charge is 2.05. The van der Waals surface area contributed by atoms with E-state index in [1.807, 2.05) is 45.3 Å². The zero-order valence-electron chi connectivity index (χ0n) is 8.70. The highest BCUT2D eigenvalue weighted by molar-refractivity contribution is 5.69. The topological polar surface area (TPSA) is 18.5 Å². The predicted octanol–water partition coefficient (Wildman–Crippen LogP) is 1.32. The maximum atomic E-state index is 3.08. The van der Waals surface area contributed by atoms with Gasteiger partial charge in [-0.05, 0) is 12.1 Å². The van der Waals surface area contributed by atoms with E-state index in [4.69, 9.17) is 0 Å². The molecule has 0 radical (unpaired) electrons. The van der Waals surface area contributed by atoms with Crippen LogP contribution >= 0.6 is 0 Å². The number of rotatable bonds is 3. The third-order valence-electron chi connectivity index (χ3n) is 2.06. The van der Waals surface area contributed by atoms with E-state index < -0.39 is 0 Å². The number of nitrogens with zero attached hydrogens (tertiary/aromatic N) is 2. The zero-order valence-corrected chi connectivity index (χ0v) is 8.70. The molecule has 1 N–H and O–H groups in total. The van der Waals surface area contributed by atoms with Crippen molar-refractivity contribution in [3.63, 3.8) is 0 Å². The molecule has 1 aromatic rings. The molecule has 3 heteroatoms. The van der Waals surface area contributed by atoms with Gasteiger partial charge in [-0.25, -0.2) is 5.43 Å². The lowest BCUT2D eigenvalue weighted by Crippen LogP contribution is -2.31. The van der Waals surface area contributed by atoms with E-state index in [-0.39, 0.29) is 0 Å². The number of hydrogen-bond acceptors (Lipinski definition) is 3. The van der Waals surface area contributed by atoms with E-state index in [2.05, 4.69) is 22.5 Å². The molecule has 1 aromatic carbocycles. The van der Waals surface area contributed by atoms with Crippen molar-refractivity contribution in [2.24, 2.45) is 0 Å². The Balaban J connectivity index is 3.04. The third kappa shape index (κ3) is 2.12. The number of benzene rings is 1. The Kier molecular flexibility index (Phi) is 3.14. The highest BCUT2D eigenvalue weighted by Crippen LogP contribution is 2.25. The molecule has 0 amide bonds. The van der Waals surface area contributed by atoms with Crippen LogP contribution in [0.25, 0.3) is 0 Å². The molecule has 0 aliphatic carbocycles. The van der Waals surface area contributed by atoms with Gasteiger partial charge in [0.15, 0.2) is 0 Å². The molecule has 0 atom stereocenters. The Bertz CT molecular complexity index is 271. The van der Waals surface area contributed by atoms with Crippen molar-refractivity contribution < 1.29 is 0 Å². The molecule has 72 valence electrons. The first-order valence-electron chi connectivity index (χ1n) is 4.34. The van der Waals surface area contributed by atoms with Gasteiger partial charge in [-0.1, -0.05) is 12.1 Å². The molecular formula is C10H17N3. The molecule has 0 aliphatic heterocycles. The van der Waals surface area contributed by atoms with E-state index in [0.717, 1.165) is 0 Å². The maximum Gasteiger partial charge on any atom is 0.0749 e. The largest absolute Gasteiger partial charge is 0.376 e. The smallest absolute Gasteiger partial charge is 0.0749 e. The molecule has 0 saturated heterocycles. The monoisotopic (exact) mass is 179 g/mol. The fourth-order valence-corrected chi connectivity index (χ4v) is 1.25. The summed E-state index contributed by atoms with van der Waals surface area (Å²) in [6.07, 6.45) is 0. The van der Waals surface area contributed by atoms with Gasteiger partial charge < -0.3 is 9.91 Å². The van der Waals surface area contributed by atoms with Crippen LogP contribution in [0.2, 0.25) is 0 Å². The van der Waals surface area contributed by atoms with Crippen LogP contribution in [0.15, 0.2) is 24.3 Å². The van der Waals surface area contributed by atoms with Crippen LogP contribution in [0.1, 0.15) is 0 Å². The quantitative estimate of drug-likeness (QED) is 0.706. The van der Waals surface area contributed by atoms with E-state index in [9.17, 15) is 0 Å². The van der Waals surface area contributed by atoms with Crippen LogP contribution in [-0.2, 0) is 0 Å². The molecule has 13 heavy (non-hydrogen) atoms. The van der Waals surface area contributed by atoms with Crippen LogP contribution in [-0.4, -0.2) is 28.2 Å². The Morgan fingerprint density at radius 3 is 2.00 bits per heavy atom. The summed E-state index contributed by atoms with van der Waals surface area (Å²) in [5, 5.41) is 2.00. The second-order valence-electron chi connectivity index (χ2n) is 3.17. The Morgan fingerprint density at radius 1 is 1.00 bits per heavy atom. The molecule has 3 nitrogen and oxygen atoms in total. The third-order valence-corrected chi connectivity index (χ3v) is 2.06. The molecule has 0 unspecified atom stereocenters. The number of hydrazine groups is 1. The van der Waals surface area contributed by atoms with Gasteiger partial charge in [-0.15, -0.1) is 0 Å². The Morgan fingerprint density at radius 2 is 1.54 bits per heavy atom. The lowest BCUT2D eigenvalue weighted by atomic mass is 10.2. The minimum absolute atomic E-state index is 1.18.